The molecule has 0 atom stereocenters. The minimum absolute atomic E-state index is 0.0355. The zero-order chi connectivity index (χ0) is 14.5. The number of ketones is 1. The number of rotatable bonds is 5. The fourth-order valence-electron chi connectivity index (χ4n) is 1.99. The van der Waals surface area contributed by atoms with Crippen LogP contribution in [0.2, 0.25) is 0 Å². The van der Waals surface area contributed by atoms with E-state index in [0.717, 1.165) is 5.69 Å². The number of carbonyl (C=O) groups excluding carboxylic acids is 1. The lowest BCUT2D eigenvalue weighted by Crippen LogP contribution is -2.21. The van der Waals surface area contributed by atoms with Crippen LogP contribution in [0.5, 0.6) is 0 Å². The van der Waals surface area contributed by atoms with Gasteiger partial charge in [0.25, 0.3) is 0 Å². The first-order valence-corrected chi connectivity index (χ1v) is 6.63. The van der Waals surface area contributed by atoms with Gasteiger partial charge in [-0.2, -0.15) is 0 Å². The second-order valence-corrected chi connectivity index (χ2v) is 4.89. The molecule has 0 heterocycles. The molecule has 0 aliphatic heterocycles. The molecule has 104 valence electrons. The van der Waals surface area contributed by atoms with Crippen molar-refractivity contribution in [1.82, 2.24) is 0 Å². The Labute approximate surface area is 118 Å². The lowest BCUT2D eigenvalue weighted by Gasteiger charge is -2.18. The van der Waals surface area contributed by atoms with E-state index >= 15 is 0 Å². The van der Waals surface area contributed by atoms with Gasteiger partial charge in [0, 0.05) is 31.3 Å². The SMILES string of the molecule is Cc1ccc(C(=O)CCN(C)c2ccccc2)cc1F. The number of hydrogen-bond donors (Lipinski definition) is 0. The summed E-state index contributed by atoms with van der Waals surface area (Å²) in [5.74, 6) is -0.362. The zero-order valence-corrected chi connectivity index (χ0v) is 11.8. The predicted octanol–water partition coefficient (Wildman–Crippen LogP) is 3.84. The molecule has 0 N–H and O–H groups in total. The molecule has 2 rings (SSSR count). The lowest BCUT2D eigenvalue weighted by atomic mass is 10.1. The number of carbonyl (C=O) groups is 1. The lowest BCUT2D eigenvalue weighted by molar-refractivity contribution is 0.0984. The highest BCUT2D eigenvalue weighted by atomic mass is 19.1. The van der Waals surface area contributed by atoms with Crippen LogP contribution in [0.25, 0.3) is 0 Å². The number of aryl methyl sites for hydroxylation is 1. The van der Waals surface area contributed by atoms with Crippen LogP contribution in [0.15, 0.2) is 48.5 Å². The molecular weight excluding hydrogens is 253 g/mol. The fraction of sp³-hybridized carbons (Fsp3) is 0.235. The Balaban J connectivity index is 1.97. The molecular formula is C17H18FNO. The normalized spacial score (nSPS) is 10.3. The van der Waals surface area contributed by atoms with Gasteiger partial charge >= 0.3 is 0 Å². The standard InChI is InChI=1S/C17H18FNO/c1-13-8-9-14(12-16(13)18)17(20)10-11-19(2)15-6-4-3-5-7-15/h3-9,12H,10-11H2,1-2H3. The second kappa shape index (κ2) is 6.33. The predicted molar refractivity (Wildman–Crippen MR) is 79.8 cm³/mol. The Morgan fingerprint density at radius 1 is 1.15 bits per heavy atom. The smallest absolute Gasteiger partial charge is 0.164 e. The van der Waals surface area contributed by atoms with Crippen molar-refractivity contribution in [2.24, 2.45) is 0 Å². The third kappa shape index (κ3) is 3.44. The van der Waals surface area contributed by atoms with Crippen molar-refractivity contribution in [1.29, 1.82) is 0 Å². The Hall–Kier alpha value is -2.16. The van der Waals surface area contributed by atoms with Crippen molar-refractivity contribution < 1.29 is 9.18 Å². The molecule has 0 fully saturated rings. The molecule has 0 spiro atoms. The van der Waals surface area contributed by atoms with E-state index in [9.17, 15) is 9.18 Å². The van der Waals surface area contributed by atoms with Crippen LogP contribution in [0.1, 0.15) is 22.3 Å². The van der Waals surface area contributed by atoms with Crippen molar-refractivity contribution in [2.45, 2.75) is 13.3 Å². The van der Waals surface area contributed by atoms with E-state index in [1.165, 1.54) is 6.07 Å². The molecule has 0 radical (unpaired) electrons. The van der Waals surface area contributed by atoms with Crippen LogP contribution in [-0.2, 0) is 0 Å². The number of nitrogens with zero attached hydrogens (tertiary/aromatic N) is 1. The molecule has 20 heavy (non-hydrogen) atoms. The second-order valence-electron chi connectivity index (χ2n) is 4.89. The van der Waals surface area contributed by atoms with Crippen molar-refractivity contribution >= 4 is 11.5 Å². The molecule has 0 aliphatic carbocycles. The van der Waals surface area contributed by atoms with Crippen molar-refractivity contribution in [2.75, 3.05) is 18.5 Å². The minimum atomic E-state index is -0.327. The molecule has 0 amide bonds. The summed E-state index contributed by atoms with van der Waals surface area (Å²) in [6.07, 6.45) is 0.369. The van der Waals surface area contributed by atoms with E-state index in [0.29, 0.717) is 24.1 Å². The highest BCUT2D eigenvalue weighted by Gasteiger charge is 2.09. The molecule has 0 saturated carbocycles. The molecule has 0 saturated heterocycles. The molecule has 3 heteroatoms. The maximum atomic E-state index is 13.4. The summed E-state index contributed by atoms with van der Waals surface area (Å²) >= 11 is 0. The van der Waals surface area contributed by atoms with Gasteiger partial charge in [-0.3, -0.25) is 4.79 Å². The van der Waals surface area contributed by atoms with E-state index in [-0.39, 0.29) is 11.6 Å². The highest BCUT2D eigenvalue weighted by Crippen LogP contribution is 2.14. The van der Waals surface area contributed by atoms with E-state index in [1.54, 1.807) is 19.1 Å². The van der Waals surface area contributed by atoms with Crippen LogP contribution >= 0.6 is 0 Å². The summed E-state index contributed by atoms with van der Waals surface area (Å²) in [6, 6.07) is 14.5. The first-order valence-electron chi connectivity index (χ1n) is 6.63. The van der Waals surface area contributed by atoms with Gasteiger partial charge in [0.2, 0.25) is 0 Å². The molecule has 0 aliphatic rings. The number of para-hydroxylation sites is 1. The van der Waals surface area contributed by atoms with Crippen molar-refractivity contribution in [3.8, 4) is 0 Å². The van der Waals surface area contributed by atoms with Crippen LogP contribution in [0.4, 0.5) is 10.1 Å². The first kappa shape index (κ1) is 14.3. The van der Waals surface area contributed by atoms with Gasteiger partial charge in [-0.05, 0) is 30.7 Å². The van der Waals surface area contributed by atoms with Gasteiger partial charge in [-0.25, -0.2) is 4.39 Å². The summed E-state index contributed by atoms with van der Waals surface area (Å²) in [5, 5.41) is 0. The topological polar surface area (TPSA) is 20.3 Å². The molecule has 2 aromatic rings. The molecule has 2 aromatic carbocycles. The Morgan fingerprint density at radius 2 is 1.85 bits per heavy atom. The van der Waals surface area contributed by atoms with Gasteiger partial charge < -0.3 is 4.90 Å². The number of benzene rings is 2. The van der Waals surface area contributed by atoms with Crippen molar-refractivity contribution in [3.05, 3.63) is 65.5 Å². The summed E-state index contributed by atoms with van der Waals surface area (Å²) in [4.78, 5) is 14.1. The summed E-state index contributed by atoms with van der Waals surface area (Å²) in [5.41, 5.74) is 2.06. The Morgan fingerprint density at radius 3 is 2.50 bits per heavy atom. The number of hydrogen-bond acceptors (Lipinski definition) is 2. The van der Waals surface area contributed by atoms with Gasteiger partial charge in [-0.1, -0.05) is 30.3 Å². The average molecular weight is 271 g/mol. The van der Waals surface area contributed by atoms with Gasteiger partial charge in [0.05, 0.1) is 0 Å². The van der Waals surface area contributed by atoms with Gasteiger partial charge in [-0.15, -0.1) is 0 Å². The molecule has 0 unspecified atom stereocenters. The van der Waals surface area contributed by atoms with E-state index in [1.807, 2.05) is 42.3 Å². The number of halogens is 1. The molecule has 2 nitrogen and oxygen atoms in total. The number of anilines is 1. The van der Waals surface area contributed by atoms with Gasteiger partial charge in [0.1, 0.15) is 5.82 Å². The maximum Gasteiger partial charge on any atom is 0.164 e. The van der Waals surface area contributed by atoms with E-state index in [4.69, 9.17) is 0 Å². The number of Topliss-reactive ketones (excluding diaryl/α,β-unsaturated/α-hetero) is 1. The van der Waals surface area contributed by atoms with Crippen molar-refractivity contribution in [3.63, 3.8) is 0 Å². The Kier molecular flexibility index (Phi) is 4.51. The quantitative estimate of drug-likeness (QED) is 0.770. The highest BCUT2D eigenvalue weighted by molar-refractivity contribution is 5.96. The molecule has 0 aromatic heterocycles. The zero-order valence-electron chi connectivity index (χ0n) is 11.8. The van der Waals surface area contributed by atoms with Crippen LogP contribution in [0, 0.1) is 12.7 Å². The van der Waals surface area contributed by atoms with Crippen LogP contribution in [0.3, 0.4) is 0 Å². The minimum Gasteiger partial charge on any atom is -0.374 e. The van der Waals surface area contributed by atoms with Gasteiger partial charge in [0.15, 0.2) is 5.78 Å². The third-order valence-electron chi connectivity index (χ3n) is 3.37. The first-order chi connectivity index (χ1) is 9.58. The monoisotopic (exact) mass is 271 g/mol. The van der Waals surface area contributed by atoms with E-state index in [2.05, 4.69) is 0 Å². The van der Waals surface area contributed by atoms with Crippen LogP contribution < -0.4 is 4.90 Å². The Bertz CT molecular complexity index is 595. The summed E-state index contributed by atoms with van der Waals surface area (Å²) in [7, 11) is 1.94. The third-order valence-corrected chi connectivity index (χ3v) is 3.37. The van der Waals surface area contributed by atoms with Crippen LogP contribution in [-0.4, -0.2) is 19.4 Å². The summed E-state index contributed by atoms with van der Waals surface area (Å²) < 4.78 is 13.4. The molecule has 0 bridgehead atoms. The largest absolute Gasteiger partial charge is 0.374 e. The van der Waals surface area contributed by atoms with E-state index < -0.39 is 0 Å². The summed E-state index contributed by atoms with van der Waals surface area (Å²) in [6.45, 7) is 2.30. The fourth-order valence-corrected chi connectivity index (χ4v) is 1.99. The average Bonchev–Trinajstić information content (AvgIpc) is 2.48. The maximum absolute atomic E-state index is 13.4.